The summed E-state index contributed by atoms with van der Waals surface area (Å²) < 4.78 is 1.49. The third-order valence-electron chi connectivity index (χ3n) is 6.80. The summed E-state index contributed by atoms with van der Waals surface area (Å²) in [5.41, 5.74) is 1.51. The van der Waals surface area contributed by atoms with Gasteiger partial charge in [-0.25, -0.2) is 4.79 Å². The number of aromatic nitrogens is 5. The maximum Gasteiger partial charge on any atom is 0.348 e. The number of fused-ring (bicyclic) bond motifs is 1. The number of aromatic amines is 2. The molecule has 1 aliphatic heterocycles. The summed E-state index contributed by atoms with van der Waals surface area (Å²) in [6.45, 7) is 3.35. The highest BCUT2D eigenvalue weighted by Crippen LogP contribution is 2.29. The number of piperidine rings is 1. The van der Waals surface area contributed by atoms with E-state index in [2.05, 4.69) is 20.1 Å². The monoisotopic (exact) mass is 394 g/mol. The van der Waals surface area contributed by atoms with E-state index >= 15 is 0 Å². The van der Waals surface area contributed by atoms with Crippen LogP contribution in [0.3, 0.4) is 0 Å². The highest BCUT2D eigenvalue weighted by molar-refractivity contribution is 5.86. The standard InChI is InChI=1S/C22H30N6O/c29-22-24-21(26-28(22)20-10-4-9-19-18(20)14-23-25-19)17-8-5-12-27(15-17)13-11-16-6-2-1-3-7-16/h4,9-10,14,16-17H,1-3,5-8,11-13,15H2,(H,23,25)(H,24,26,29)/t17-/m1/s1. The minimum atomic E-state index is -0.173. The zero-order valence-electron chi connectivity index (χ0n) is 16.9. The predicted octanol–water partition coefficient (Wildman–Crippen LogP) is 3.59. The Morgan fingerprint density at radius 1 is 1.10 bits per heavy atom. The van der Waals surface area contributed by atoms with Crippen molar-refractivity contribution < 1.29 is 0 Å². The molecule has 1 aromatic carbocycles. The van der Waals surface area contributed by atoms with Crippen LogP contribution < -0.4 is 5.69 Å². The molecular weight excluding hydrogens is 364 g/mol. The van der Waals surface area contributed by atoms with Gasteiger partial charge in [-0.3, -0.25) is 10.1 Å². The smallest absolute Gasteiger partial charge is 0.303 e. The van der Waals surface area contributed by atoms with E-state index in [0.29, 0.717) is 5.92 Å². The molecule has 0 amide bonds. The molecule has 1 aliphatic carbocycles. The highest BCUT2D eigenvalue weighted by Gasteiger charge is 2.26. The van der Waals surface area contributed by atoms with Crippen LogP contribution in [0, 0.1) is 5.92 Å². The molecule has 0 spiro atoms. The fourth-order valence-corrected chi connectivity index (χ4v) is 5.15. The molecule has 154 valence electrons. The molecule has 2 N–H and O–H groups in total. The van der Waals surface area contributed by atoms with Crippen LogP contribution in [0.2, 0.25) is 0 Å². The summed E-state index contributed by atoms with van der Waals surface area (Å²) in [5, 5.41) is 12.7. The van der Waals surface area contributed by atoms with Crippen molar-refractivity contribution in [3.8, 4) is 5.69 Å². The third-order valence-corrected chi connectivity index (χ3v) is 6.80. The maximum absolute atomic E-state index is 12.7. The lowest BCUT2D eigenvalue weighted by molar-refractivity contribution is 0.182. The van der Waals surface area contributed by atoms with E-state index in [1.54, 1.807) is 6.20 Å². The second kappa shape index (κ2) is 8.14. The lowest BCUT2D eigenvalue weighted by atomic mass is 9.86. The van der Waals surface area contributed by atoms with E-state index in [9.17, 15) is 4.79 Å². The molecule has 0 radical (unpaired) electrons. The van der Waals surface area contributed by atoms with Gasteiger partial charge < -0.3 is 4.90 Å². The molecule has 1 saturated heterocycles. The maximum atomic E-state index is 12.7. The van der Waals surface area contributed by atoms with Gasteiger partial charge in [-0.15, -0.1) is 5.10 Å². The van der Waals surface area contributed by atoms with Gasteiger partial charge in [-0.2, -0.15) is 9.78 Å². The molecule has 5 rings (SSSR count). The van der Waals surface area contributed by atoms with Gasteiger partial charge in [0.05, 0.1) is 17.4 Å². The Bertz CT molecular complexity index is 1010. The topological polar surface area (TPSA) is 82.6 Å². The quantitative estimate of drug-likeness (QED) is 0.693. The Kier molecular flexibility index (Phi) is 5.23. The van der Waals surface area contributed by atoms with E-state index in [4.69, 9.17) is 5.10 Å². The number of rotatable bonds is 5. The van der Waals surface area contributed by atoms with Crippen molar-refractivity contribution in [1.29, 1.82) is 0 Å². The van der Waals surface area contributed by atoms with Gasteiger partial charge in [0.1, 0.15) is 5.82 Å². The molecule has 2 aromatic heterocycles. The van der Waals surface area contributed by atoms with Crippen LogP contribution in [0.5, 0.6) is 0 Å². The first-order valence-electron chi connectivity index (χ1n) is 11.1. The Labute approximate surface area is 170 Å². The van der Waals surface area contributed by atoms with Gasteiger partial charge in [0.25, 0.3) is 0 Å². The van der Waals surface area contributed by atoms with Crippen molar-refractivity contribution in [3.05, 3.63) is 40.7 Å². The average Bonchev–Trinajstić information content (AvgIpc) is 3.40. The SMILES string of the molecule is O=c1[nH]c([C@@H]2CCCN(CCC3CCCCC3)C2)nn1-c1cccc2[nH]ncc12. The van der Waals surface area contributed by atoms with Crippen molar-refractivity contribution in [2.75, 3.05) is 19.6 Å². The van der Waals surface area contributed by atoms with E-state index in [-0.39, 0.29) is 5.69 Å². The summed E-state index contributed by atoms with van der Waals surface area (Å²) in [6, 6.07) is 5.79. The van der Waals surface area contributed by atoms with Gasteiger partial charge in [-0.05, 0) is 50.4 Å². The lowest BCUT2D eigenvalue weighted by Crippen LogP contribution is -2.36. The first-order valence-corrected chi connectivity index (χ1v) is 11.1. The Morgan fingerprint density at radius 3 is 2.90 bits per heavy atom. The van der Waals surface area contributed by atoms with E-state index in [0.717, 1.165) is 41.3 Å². The number of nitrogens with one attached hydrogen (secondary N) is 2. The van der Waals surface area contributed by atoms with Crippen molar-refractivity contribution >= 4 is 10.9 Å². The summed E-state index contributed by atoms with van der Waals surface area (Å²) in [4.78, 5) is 18.3. The molecule has 7 heteroatoms. The summed E-state index contributed by atoms with van der Waals surface area (Å²) in [6.07, 6.45) is 12.4. The fourth-order valence-electron chi connectivity index (χ4n) is 5.15. The molecule has 29 heavy (non-hydrogen) atoms. The molecule has 0 unspecified atom stereocenters. The van der Waals surface area contributed by atoms with Crippen molar-refractivity contribution in [1.82, 2.24) is 29.9 Å². The Hall–Kier alpha value is -2.41. The number of hydrogen-bond donors (Lipinski definition) is 2. The van der Waals surface area contributed by atoms with Crippen LogP contribution in [0.1, 0.15) is 63.1 Å². The Balaban J connectivity index is 1.30. The number of likely N-dealkylation sites (tertiary alicyclic amines) is 1. The normalized spacial score (nSPS) is 21.7. The average molecular weight is 395 g/mol. The molecule has 1 atom stereocenters. The highest BCUT2D eigenvalue weighted by atomic mass is 16.1. The lowest BCUT2D eigenvalue weighted by Gasteiger charge is -2.33. The zero-order chi connectivity index (χ0) is 19.6. The summed E-state index contributed by atoms with van der Waals surface area (Å²) >= 11 is 0. The number of benzene rings is 1. The van der Waals surface area contributed by atoms with Gasteiger partial charge in [0, 0.05) is 17.8 Å². The third kappa shape index (κ3) is 3.88. The minimum Gasteiger partial charge on any atom is -0.303 e. The van der Waals surface area contributed by atoms with Gasteiger partial charge >= 0.3 is 5.69 Å². The number of H-pyrrole nitrogens is 2. The molecule has 3 heterocycles. The van der Waals surface area contributed by atoms with Crippen LogP contribution in [0.15, 0.2) is 29.2 Å². The van der Waals surface area contributed by atoms with Crippen molar-refractivity contribution in [3.63, 3.8) is 0 Å². The summed E-state index contributed by atoms with van der Waals surface area (Å²) in [5.74, 6) is 2.03. The second-order valence-electron chi connectivity index (χ2n) is 8.77. The van der Waals surface area contributed by atoms with E-state index in [1.807, 2.05) is 18.2 Å². The van der Waals surface area contributed by atoms with Crippen LogP contribution in [-0.4, -0.2) is 49.5 Å². The zero-order valence-corrected chi connectivity index (χ0v) is 16.9. The van der Waals surface area contributed by atoms with Crippen molar-refractivity contribution in [2.45, 2.75) is 57.3 Å². The van der Waals surface area contributed by atoms with E-state index < -0.39 is 0 Å². The first kappa shape index (κ1) is 18.6. The fraction of sp³-hybridized carbons (Fsp3) is 0.591. The van der Waals surface area contributed by atoms with Gasteiger partial charge in [0.15, 0.2) is 0 Å². The summed E-state index contributed by atoms with van der Waals surface area (Å²) in [7, 11) is 0. The Morgan fingerprint density at radius 2 is 2.00 bits per heavy atom. The molecule has 1 saturated carbocycles. The van der Waals surface area contributed by atoms with Gasteiger partial charge in [-0.1, -0.05) is 38.2 Å². The first-order chi connectivity index (χ1) is 14.3. The van der Waals surface area contributed by atoms with Crippen LogP contribution in [0.25, 0.3) is 16.6 Å². The van der Waals surface area contributed by atoms with Crippen LogP contribution in [-0.2, 0) is 0 Å². The predicted molar refractivity (Wildman–Crippen MR) is 113 cm³/mol. The van der Waals surface area contributed by atoms with Crippen LogP contribution in [0.4, 0.5) is 0 Å². The van der Waals surface area contributed by atoms with Gasteiger partial charge in [0.2, 0.25) is 0 Å². The molecule has 0 bridgehead atoms. The molecule has 3 aromatic rings. The van der Waals surface area contributed by atoms with Crippen LogP contribution >= 0.6 is 0 Å². The van der Waals surface area contributed by atoms with E-state index in [1.165, 1.54) is 62.7 Å². The molecule has 2 aliphatic rings. The van der Waals surface area contributed by atoms with Crippen molar-refractivity contribution in [2.24, 2.45) is 5.92 Å². The largest absolute Gasteiger partial charge is 0.348 e. The molecular formula is C22H30N6O. The minimum absolute atomic E-state index is 0.173. The molecule has 7 nitrogen and oxygen atoms in total. The molecule has 2 fully saturated rings. The second-order valence-corrected chi connectivity index (χ2v) is 8.77. The number of nitrogens with zero attached hydrogens (tertiary/aromatic N) is 4. The number of hydrogen-bond acceptors (Lipinski definition) is 4.